The van der Waals surface area contributed by atoms with Gasteiger partial charge in [0.15, 0.2) is 0 Å². The van der Waals surface area contributed by atoms with Crippen molar-refractivity contribution in [3.05, 3.63) is 34.9 Å². The largest absolute Gasteiger partial charge is 0.396 e. The van der Waals surface area contributed by atoms with Crippen molar-refractivity contribution >= 4 is 0 Å². The number of aryl methyl sites for hydroxylation is 1. The maximum Gasteiger partial charge on any atom is 0.128 e. The Hall–Kier alpha value is -1.00. The smallest absolute Gasteiger partial charge is 0.128 e. The first-order valence-electron chi connectivity index (χ1n) is 6.69. The quantitative estimate of drug-likeness (QED) is 0.831. The van der Waals surface area contributed by atoms with Crippen molar-refractivity contribution in [1.82, 2.24) is 5.32 Å². The molecule has 0 fully saturated rings. The summed E-state index contributed by atoms with van der Waals surface area (Å²) >= 11 is 0. The maximum absolute atomic E-state index is 13.9. The third kappa shape index (κ3) is 4.25. The molecule has 0 amide bonds. The molecule has 2 atom stereocenters. The summed E-state index contributed by atoms with van der Waals surface area (Å²) in [4.78, 5) is 0. The van der Waals surface area contributed by atoms with E-state index in [9.17, 15) is 8.78 Å². The van der Waals surface area contributed by atoms with Crippen molar-refractivity contribution < 1.29 is 13.9 Å². The Bertz CT molecular complexity index is 421. The number of rotatable bonds is 6. The van der Waals surface area contributed by atoms with Crippen molar-refractivity contribution in [2.75, 3.05) is 6.61 Å². The van der Waals surface area contributed by atoms with E-state index in [1.165, 1.54) is 12.1 Å². The van der Waals surface area contributed by atoms with E-state index in [1.807, 2.05) is 13.8 Å². The zero-order valence-corrected chi connectivity index (χ0v) is 12.0. The molecule has 0 aromatic heterocycles. The third-order valence-electron chi connectivity index (χ3n) is 3.45. The molecule has 2 unspecified atom stereocenters. The predicted octanol–water partition coefficient (Wildman–Crippen LogP) is 3.33. The van der Waals surface area contributed by atoms with E-state index in [-0.39, 0.29) is 18.7 Å². The van der Waals surface area contributed by atoms with Crippen molar-refractivity contribution in [1.29, 1.82) is 0 Å². The first-order valence-corrected chi connectivity index (χ1v) is 6.69. The lowest BCUT2D eigenvalue weighted by Gasteiger charge is -2.26. The molecule has 0 heterocycles. The Morgan fingerprint density at radius 1 is 1.16 bits per heavy atom. The van der Waals surface area contributed by atoms with Gasteiger partial charge in [-0.25, -0.2) is 8.78 Å². The molecule has 2 N–H and O–H groups in total. The fourth-order valence-electron chi connectivity index (χ4n) is 2.15. The van der Waals surface area contributed by atoms with Crippen LogP contribution in [0.5, 0.6) is 0 Å². The average molecular weight is 271 g/mol. The fourth-order valence-corrected chi connectivity index (χ4v) is 2.15. The molecular weight excluding hydrogens is 248 g/mol. The molecule has 4 heteroatoms. The molecule has 0 radical (unpaired) electrons. The van der Waals surface area contributed by atoms with Gasteiger partial charge in [0.2, 0.25) is 0 Å². The van der Waals surface area contributed by atoms with Crippen molar-refractivity contribution in [2.45, 2.75) is 46.2 Å². The van der Waals surface area contributed by atoms with Crippen molar-refractivity contribution in [3.63, 3.8) is 0 Å². The number of nitrogens with one attached hydrogen (secondary N) is 1. The number of aliphatic hydroxyl groups is 1. The molecular formula is C15H23F2NO. The summed E-state index contributed by atoms with van der Waals surface area (Å²) in [5, 5.41) is 12.3. The van der Waals surface area contributed by atoms with Crippen LogP contribution in [0.15, 0.2) is 12.1 Å². The van der Waals surface area contributed by atoms with Crippen molar-refractivity contribution in [2.24, 2.45) is 5.92 Å². The van der Waals surface area contributed by atoms with Crippen LogP contribution in [0.2, 0.25) is 0 Å². The molecule has 0 spiro atoms. The maximum atomic E-state index is 13.9. The van der Waals surface area contributed by atoms with Crippen LogP contribution >= 0.6 is 0 Å². The van der Waals surface area contributed by atoms with Crippen LogP contribution < -0.4 is 5.32 Å². The van der Waals surface area contributed by atoms with Gasteiger partial charge in [-0.15, -0.1) is 0 Å². The Balaban J connectivity index is 2.87. The molecule has 0 aliphatic carbocycles. The standard InChI is InChI=1S/C15H23F2NO/c1-9(2)15(5-6-19)18-11(4)12-8-13(16)10(3)7-14(12)17/h7-9,11,15,18-19H,5-6H2,1-4H3. The van der Waals surface area contributed by atoms with Gasteiger partial charge in [-0.05, 0) is 43.9 Å². The highest BCUT2D eigenvalue weighted by atomic mass is 19.1. The summed E-state index contributed by atoms with van der Waals surface area (Å²) < 4.78 is 27.4. The topological polar surface area (TPSA) is 32.3 Å². The SMILES string of the molecule is Cc1cc(F)c(C(C)NC(CCO)C(C)C)cc1F. The summed E-state index contributed by atoms with van der Waals surface area (Å²) in [5.74, 6) is -0.480. The summed E-state index contributed by atoms with van der Waals surface area (Å²) in [5.41, 5.74) is 0.635. The van der Waals surface area contributed by atoms with Crippen LogP contribution in [-0.2, 0) is 0 Å². The molecule has 19 heavy (non-hydrogen) atoms. The van der Waals surface area contributed by atoms with Gasteiger partial charge in [0.1, 0.15) is 11.6 Å². The number of halogens is 2. The van der Waals surface area contributed by atoms with E-state index in [2.05, 4.69) is 5.32 Å². The van der Waals surface area contributed by atoms with Crippen molar-refractivity contribution in [3.8, 4) is 0 Å². The highest BCUT2D eigenvalue weighted by Gasteiger charge is 2.19. The minimum atomic E-state index is -0.398. The second-order valence-electron chi connectivity index (χ2n) is 5.37. The molecule has 0 saturated heterocycles. The Morgan fingerprint density at radius 2 is 1.79 bits per heavy atom. The molecule has 1 rings (SSSR count). The molecule has 0 saturated carbocycles. The van der Waals surface area contributed by atoms with Gasteiger partial charge in [0.25, 0.3) is 0 Å². The number of aliphatic hydroxyl groups excluding tert-OH is 1. The van der Waals surface area contributed by atoms with Gasteiger partial charge in [-0.2, -0.15) is 0 Å². The van der Waals surface area contributed by atoms with Gasteiger partial charge >= 0.3 is 0 Å². The fraction of sp³-hybridized carbons (Fsp3) is 0.600. The second-order valence-corrected chi connectivity index (χ2v) is 5.37. The molecule has 0 bridgehead atoms. The van der Waals surface area contributed by atoms with E-state index in [0.29, 0.717) is 23.5 Å². The van der Waals surface area contributed by atoms with Gasteiger partial charge in [-0.3, -0.25) is 0 Å². The van der Waals surface area contributed by atoms with Crippen LogP contribution in [0.1, 0.15) is 44.4 Å². The lowest BCUT2D eigenvalue weighted by atomic mass is 9.98. The molecule has 108 valence electrons. The molecule has 2 nitrogen and oxygen atoms in total. The van der Waals surface area contributed by atoms with E-state index >= 15 is 0 Å². The second kappa shape index (κ2) is 6.96. The molecule has 0 aliphatic rings. The van der Waals surface area contributed by atoms with E-state index in [0.717, 1.165) is 0 Å². The zero-order chi connectivity index (χ0) is 14.6. The van der Waals surface area contributed by atoms with Crippen LogP contribution in [0.4, 0.5) is 8.78 Å². The van der Waals surface area contributed by atoms with Gasteiger partial charge in [0, 0.05) is 24.3 Å². The van der Waals surface area contributed by atoms with Gasteiger partial charge < -0.3 is 10.4 Å². The third-order valence-corrected chi connectivity index (χ3v) is 3.45. The Labute approximate surface area is 113 Å². The van der Waals surface area contributed by atoms with Crippen LogP contribution in [0, 0.1) is 24.5 Å². The predicted molar refractivity (Wildman–Crippen MR) is 73.0 cm³/mol. The molecule has 0 aliphatic heterocycles. The van der Waals surface area contributed by atoms with Crippen LogP contribution in [-0.4, -0.2) is 17.8 Å². The first kappa shape index (κ1) is 16.1. The van der Waals surface area contributed by atoms with E-state index in [1.54, 1.807) is 13.8 Å². The highest BCUT2D eigenvalue weighted by molar-refractivity contribution is 5.27. The van der Waals surface area contributed by atoms with Crippen LogP contribution in [0.3, 0.4) is 0 Å². The average Bonchev–Trinajstić information content (AvgIpc) is 2.32. The summed E-state index contributed by atoms with van der Waals surface area (Å²) in [6.07, 6.45) is 0.595. The van der Waals surface area contributed by atoms with E-state index < -0.39 is 11.6 Å². The number of benzene rings is 1. The number of hydrogen-bond acceptors (Lipinski definition) is 2. The first-order chi connectivity index (χ1) is 8.86. The van der Waals surface area contributed by atoms with Crippen LogP contribution in [0.25, 0.3) is 0 Å². The van der Waals surface area contributed by atoms with Gasteiger partial charge in [0.05, 0.1) is 0 Å². The van der Waals surface area contributed by atoms with E-state index in [4.69, 9.17) is 5.11 Å². The normalized spacial score (nSPS) is 14.7. The minimum Gasteiger partial charge on any atom is -0.396 e. The zero-order valence-electron chi connectivity index (χ0n) is 12.0. The number of hydrogen-bond donors (Lipinski definition) is 2. The monoisotopic (exact) mass is 271 g/mol. The van der Waals surface area contributed by atoms with Gasteiger partial charge in [-0.1, -0.05) is 13.8 Å². The summed E-state index contributed by atoms with van der Waals surface area (Å²) in [6.45, 7) is 7.49. The molecule has 1 aromatic rings. The highest BCUT2D eigenvalue weighted by Crippen LogP contribution is 2.22. The molecule has 1 aromatic carbocycles. The Kier molecular flexibility index (Phi) is 5.88. The summed E-state index contributed by atoms with van der Waals surface area (Å²) in [6, 6.07) is 2.25. The lowest BCUT2D eigenvalue weighted by molar-refractivity contribution is 0.236. The minimum absolute atomic E-state index is 0.0729. The summed E-state index contributed by atoms with van der Waals surface area (Å²) in [7, 11) is 0. The Morgan fingerprint density at radius 3 is 2.32 bits per heavy atom. The lowest BCUT2D eigenvalue weighted by Crippen LogP contribution is -2.36.